The topological polar surface area (TPSA) is 84.9 Å². The molecule has 0 aromatic heterocycles. The molecule has 2 N–H and O–H groups in total. The Hall–Kier alpha value is -1.76. The van der Waals surface area contributed by atoms with Gasteiger partial charge in [-0.3, -0.25) is 4.79 Å². The number of carboxylic acids is 1. The minimum Gasteiger partial charge on any atom is -0.486 e. The summed E-state index contributed by atoms with van der Waals surface area (Å²) in [6.45, 7) is 4.54. The molecule has 0 aliphatic carbocycles. The fourth-order valence-electron chi connectivity index (χ4n) is 2.15. The van der Waals surface area contributed by atoms with Crippen LogP contribution >= 0.6 is 15.9 Å². The van der Waals surface area contributed by atoms with Crippen LogP contribution in [0.4, 0.5) is 0 Å². The number of ether oxygens (including phenoxy) is 2. The monoisotopic (exact) mass is 371 g/mol. The SMILES string of the molecule is CCC(C)C(NC(=O)c1cc(Br)c2c(c1)OCCO2)C(=O)O. The number of carbonyl (C=O) groups excluding carboxylic acids is 1. The molecule has 2 rings (SSSR count). The lowest BCUT2D eigenvalue weighted by molar-refractivity contribution is -0.140. The van der Waals surface area contributed by atoms with Crippen molar-refractivity contribution in [1.29, 1.82) is 0 Å². The molecule has 0 radical (unpaired) electrons. The van der Waals surface area contributed by atoms with Crippen molar-refractivity contribution in [3.05, 3.63) is 22.2 Å². The van der Waals surface area contributed by atoms with Gasteiger partial charge in [0, 0.05) is 5.56 Å². The molecule has 0 saturated heterocycles. The molecule has 7 heteroatoms. The van der Waals surface area contributed by atoms with Gasteiger partial charge in [-0.25, -0.2) is 4.79 Å². The number of hydrogen-bond acceptors (Lipinski definition) is 4. The zero-order valence-electron chi connectivity index (χ0n) is 12.4. The number of hydrogen-bond donors (Lipinski definition) is 2. The number of amides is 1. The lowest BCUT2D eigenvalue weighted by Gasteiger charge is -2.22. The normalized spacial score (nSPS) is 15.8. The second-order valence-electron chi connectivity index (χ2n) is 5.16. The Morgan fingerprint density at radius 3 is 2.68 bits per heavy atom. The summed E-state index contributed by atoms with van der Waals surface area (Å²) in [7, 11) is 0. The molecule has 6 nitrogen and oxygen atoms in total. The molecule has 0 fully saturated rings. The highest BCUT2D eigenvalue weighted by molar-refractivity contribution is 9.10. The van der Waals surface area contributed by atoms with Crippen molar-refractivity contribution in [3.8, 4) is 11.5 Å². The number of aliphatic carboxylic acids is 1. The molecule has 2 atom stereocenters. The van der Waals surface area contributed by atoms with Gasteiger partial charge in [0.2, 0.25) is 0 Å². The second-order valence-corrected chi connectivity index (χ2v) is 6.01. The van der Waals surface area contributed by atoms with Crippen LogP contribution in [-0.4, -0.2) is 36.2 Å². The van der Waals surface area contributed by atoms with Gasteiger partial charge >= 0.3 is 5.97 Å². The van der Waals surface area contributed by atoms with Crippen LogP contribution in [0.3, 0.4) is 0 Å². The fraction of sp³-hybridized carbons (Fsp3) is 0.467. The minimum atomic E-state index is -1.04. The molecular formula is C15H18BrNO5. The summed E-state index contributed by atoms with van der Waals surface area (Å²) in [4.78, 5) is 23.6. The number of carbonyl (C=O) groups is 2. The van der Waals surface area contributed by atoms with Gasteiger partial charge in [0.05, 0.1) is 4.47 Å². The number of nitrogens with one attached hydrogen (secondary N) is 1. The highest BCUT2D eigenvalue weighted by atomic mass is 79.9. The smallest absolute Gasteiger partial charge is 0.326 e. The molecule has 0 bridgehead atoms. The van der Waals surface area contributed by atoms with Gasteiger partial charge in [-0.05, 0) is 34.0 Å². The zero-order chi connectivity index (χ0) is 16.3. The maximum absolute atomic E-state index is 12.3. The van der Waals surface area contributed by atoms with Gasteiger partial charge in [0.15, 0.2) is 11.5 Å². The van der Waals surface area contributed by atoms with Crippen LogP contribution in [-0.2, 0) is 4.79 Å². The molecule has 1 aliphatic rings. The molecule has 0 saturated carbocycles. The summed E-state index contributed by atoms with van der Waals surface area (Å²) < 4.78 is 11.5. The largest absolute Gasteiger partial charge is 0.486 e. The van der Waals surface area contributed by atoms with E-state index < -0.39 is 17.9 Å². The zero-order valence-corrected chi connectivity index (χ0v) is 14.0. The van der Waals surface area contributed by atoms with E-state index in [0.29, 0.717) is 41.2 Å². The maximum Gasteiger partial charge on any atom is 0.326 e. The van der Waals surface area contributed by atoms with Crippen LogP contribution in [0.25, 0.3) is 0 Å². The Labute approximate surface area is 136 Å². The molecule has 1 aliphatic heterocycles. The molecular weight excluding hydrogens is 354 g/mol. The lowest BCUT2D eigenvalue weighted by atomic mass is 9.99. The number of carboxylic acid groups (broad SMARTS) is 1. The Kier molecular flexibility index (Phi) is 5.28. The van der Waals surface area contributed by atoms with E-state index in [4.69, 9.17) is 9.47 Å². The van der Waals surface area contributed by atoms with E-state index in [-0.39, 0.29) is 5.92 Å². The van der Waals surface area contributed by atoms with E-state index in [2.05, 4.69) is 21.2 Å². The Morgan fingerprint density at radius 2 is 2.05 bits per heavy atom. The van der Waals surface area contributed by atoms with Crippen molar-refractivity contribution >= 4 is 27.8 Å². The average Bonchev–Trinajstić information content (AvgIpc) is 2.51. The van der Waals surface area contributed by atoms with Crippen LogP contribution in [0.1, 0.15) is 30.6 Å². The molecule has 1 aromatic carbocycles. The summed E-state index contributed by atoms with van der Waals surface area (Å²) >= 11 is 3.34. The van der Waals surface area contributed by atoms with Crippen LogP contribution in [0.5, 0.6) is 11.5 Å². The molecule has 1 amide bonds. The van der Waals surface area contributed by atoms with Gasteiger partial charge in [0.1, 0.15) is 19.3 Å². The van der Waals surface area contributed by atoms with E-state index in [0.717, 1.165) is 0 Å². The van der Waals surface area contributed by atoms with Gasteiger partial charge in [-0.1, -0.05) is 20.3 Å². The average molecular weight is 372 g/mol. The number of benzene rings is 1. The summed E-state index contributed by atoms with van der Waals surface area (Å²) in [5, 5.41) is 11.8. The Balaban J connectivity index is 2.22. The fourth-order valence-corrected chi connectivity index (χ4v) is 2.71. The third kappa shape index (κ3) is 3.52. The third-order valence-electron chi connectivity index (χ3n) is 3.62. The third-order valence-corrected chi connectivity index (χ3v) is 4.21. The van der Waals surface area contributed by atoms with E-state index in [1.807, 2.05) is 6.92 Å². The lowest BCUT2D eigenvalue weighted by Crippen LogP contribution is -2.45. The number of rotatable bonds is 5. The highest BCUT2D eigenvalue weighted by Crippen LogP contribution is 2.38. The van der Waals surface area contributed by atoms with Gasteiger partial charge in [-0.2, -0.15) is 0 Å². The van der Waals surface area contributed by atoms with Crippen molar-refractivity contribution in [2.45, 2.75) is 26.3 Å². The first-order chi connectivity index (χ1) is 10.4. The van der Waals surface area contributed by atoms with Gasteiger partial charge < -0.3 is 19.9 Å². The maximum atomic E-state index is 12.3. The number of fused-ring (bicyclic) bond motifs is 1. The Morgan fingerprint density at radius 1 is 1.36 bits per heavy atom. The molecule has 120 valence electrons. The van der Waals surface area contributed by atoms with Crippen LogP contribution < -0.4 is 14.8 Å². The van der Waals surface area contributed by atoms with Crippen molar-refractivity contribution < 1.29 is 24.2 Å². The predicted octanol–water partition coefficient (Wildman–Crippen LogP) is 2.45. The molecule has 1 aromatic rings. The minimum absolute atomic E-state index is 0.165. The molecule has 0 spiro atoms. The standard InChI is InChI=1S/C15H18BrNO5/c1-3-8(2)12(15(19)20)17-14(18)9-6-10(16)13-11(7-9)21-4-5-22-13/h6-8,12H,3-5H2,1-2H3,(H,17,18)(H,19,20). The predicted molar refractivity (Wildman–Crippen MR) is 83.5 cm³/mol. The first-order valence-corrected chi connectivity index (χ1v) is 7.86. The van der Waals surface area contributed by atoms with Gasteiger partial charge in [0.25, 0.3) is 5.91 Å². The van der Waals surface area contributed by atoms with Gasteiger partial charge in [-0.15, -0.1) is 0 Å². The van der Waals surface area contributed by atoms with Crippen LogP contribution in [0.15, 0.2) is 16.6 Å². The van der Waals surface area contributed by atoms with E-state index >= 15 is 0 Å². The molecule has 1 heterocycles. The first kappa shape index (κ1) is 16.6. The summed E-state index contributed by atoms with van der Waals surface area (Å²) in [6, 6.07) is 2.23. The second kappa shape index (κ2) is 7.00. The van der Waals surface area contributed by atoms with Crippen LogP contribution in [0.2, 0.25) is 0 Å². The van der Waals surface area contributed by atoms with Crippen LogP contribution in [0, 0.1) is 5.92 Å². The summed E-state index contributed by atoms with van der Waals surface area (Å²) in [5.41, 5.74) is 0.325. The van der Waals surface area contributed by atoms with Crippen molar-refractivity contribution in [2.75, 3.05) is 13.2 Å². The van der Waals surface area contributed by atoms with E-state index in [1.165, 1.54) is 0 Å². The summed E-state index contributed by atoms with van der Waals surface area (Å²) in [6.07, 6.45) is 0.655. The summed E-state index contributed by atoms with van der Waals surface area (Å²) in [5.74, 6) is -0.632. The van der Waals surface area contributed by atoms with Crippen molar-refractivity contribution in [3.63, 3.8) is 0 Å². The number of halogens is 1. The Bertz CT molecular complexity index is 590. The van der Waals surface area contributed by atoms with Crippen molar-refractivity contribution in [2.24, 2.45) is 5.92 Å². The van der Waals surface area contributed by atoms with Crippen molar-refractivity contribution in [1.82, 2.24) is 5.32 Å². The molecule has 2 unspecified atom stereocenters. The quantitative estimate of drug-likeness (QED) is 0.830. The first-order valence-electron chi connectivity index (χ1n) is 7.06. The van der Waals surface area contributed by atoms with E-state index in [9.17, 15) is 14.7 Å². The van der Waals surface area contributed by atoms with E-state index in [1.54, 1.807) is 19.1 Å². The highest BCUT2D eigenvalue weighted by Gasteiger charge is 2.27. The molecule has 22 heavy (non-hydrogen) atoms.